The van der Waals surface area contributed by atoms with Crippen LogP contribution in [0.15, 0.2) is 24.3 Å². The van der Waals surface area contributed by atoms with Gasteiger partial charge in [-0.1, -0.05) is 36.7 Å². The van der Waals surface area contributed by atoms with Gasteiger partial charge >= 0.3 is 0 Å². The van der Waals surface area contributed by atoms with Crippen molar-refractivity contribution in [3.05, 3.63) is 34.9 Å². The Balaban J connectivity index is 0.00000288. The molecule has 4 nitrogen and oxygen atoms in total. The highest BCUT2D eigenvalue weighted by Gasteiger charge is 2.23. The second-order valence-corrected chi connectivity index (χ2v) is 6.67. The number of nitrogens with zero attached hydrogens (tertiary/aromatic N) is 1. The Hall–Kier alpha value is -0.810. The van der Waals surface area contributed by atoms with Crippen molar-refractivity contribution < 1.29 is 4.79 Å². The van der Waals surface area contributed by atoms with Crippen molar-refractivity contribution in [2.45, 2.75) is 45.2 Å². The highest BCUT2D eigenvalue weighted by atomic mass is 35.5. The predicted molar refractivity (Wildman–Crippen MR) is 103 cm³/mol. The third kappa shape index (κ3) is 6.25. The van der Waals surface area contributed by atoms with Gasteiger partial charge in [0.15, 0.2) is 0 Å². The molecule has 1 heterocycles. The summed E-state index contributed by atoms with van der Waals surface area (Å²) < 4.78 is 0. The van der Waals surface area contributed by atoms with Crippen molar-refractivity contribution in [3.8, 4) is 0 Å². The molecule has 1 unspecified atom stereocenters. The number of halogens is 2. The lowest BCUT2D eigenvalue weighted by Crippen LogP contribution is -2.47. The summed E-state index contributed by atoms with van der Waals surface area (Å²) in [6.07, 6.45) is 3.30. The van der Waals surface area contributed by atoms with E-state index in [-0.39, 0.29) is 24.4 Å². The van der Waals surface area contributed by atoms with E-state index in [1.165, 1.54) is 0 Å². The van der Waals surface area contributed by atoms with Crippen LogP contribution < -0.4 is 10.6 Å². The molecule has 0 radical (unpaired) electrons. The summed E-state index contributed by atoms with van der Waals surface area (Å²) in [7, 11) is 0. The molecule has 1 atom stereocenters. The van der Waals surface area contributed by atoms with Crippen LogP contribution in [0.5, 0.6) is 0 Å². The van der Waals surface area contributed by atoms with E-state index in [2.05, 4.69) is 22.5 Å². The summed E-state index contributed by atoms with van der Waals surface area (Å²) >= 11 is 6.21. The largest absolute Gasteiger partial charge is 0.348 e. The number of hydrogen-bond donors (Lipinski definition) is 2. The SMILES string of the molecule is CCCN(CC(=O)NC(C)c1ccccc1Cl)C1CCNCC1.Cl. The third-order valence-corrected chi connectivity index (χ3v) is 4.78. The van der Waals surface area contributed by atoms with Gasteiger partial charge in [0, 0.05) is 11.1 Å². The second-order valence-electron chi connectivity index (χ2n) is 6.26. The van der Waals surface area contributed by atoms with Crippen LogP contribution in [0, 0.1) is 0 Å². The lowest BCUT2D eigenvalue weighted by Gasteiger charge is -2.34. The van der Waals surface area contributed by atoms with Gasteiger partial charge in [-0.05, 0) is 57.5 Å². The summed E-state index contributed by atoms with van der Waals surface area (Å²) in [4.78, 5) is 14.8. The molecule has 2 rings (SSSR count). The highest BCUT2D eigenvalue weighted by Crippen LogP contribution is 2.22. The number of piperidine rings is 1. The van der Waals surface area contributed by atoms with Gasteiger partial charge in [0.2, 0.25) is 5.91 Å². The Morgan fingerprint density at radius 2 is 2.04 bits per heavy atom. The molecule has 0 aromatic heterocycles. The minimum atomic E-state index is -0.0762. The fourth-order valence-corrected chi connectivity index (χ4v) is 3.52. The quantitative estimate of drug-likeness (QED) is 0.769. The first-order valence-electron chi connectivity index (χ1n) is 8.60. The van der Waals surface area contributed by atoms with Crippen LogP contribution in [0.1, 0.15) is 44.7 Å². The average molecular weight is 374 g/mol. The van der Waals surface area contributed by atoms with Crippen LogP contribution in [-0.4, -0.2) is 43.0 Å². The van der Waals surface area contributed by atoms with Crippen LogP contribution in [0.3, 0.4) is 0 Å². The fourth-order valence-electron chi connectivity index (χ4n) is 3.23. The van der Waals surface area contributed by atoms with E-state index < -0.39 is 0 Å². The van der Waals surface area contributed by atoms with Crippen molar-refractivity contribution in [1.82, 2.24) is 15.5 Å². The van der Waals surface area contributed by atoms with Crippen LogP contribution >= 0.6 is 24.0 Å². The van der Waals surface area contributed by atoms with E-state index in [0.717, 1.165) is 44.5 Å². The molecule has 0 saturated carbocycles. The van der Waals surface area contributed by atoms with E-state index in [1.807, 2.05) is 31.2 Å². The van der Waals surface area contributed by atoms with Crippen molar-refractivity contribution in [1.29, 1.82) is 0 Å². The molecule has 6 heteroatoms. The van der Waals surface area contributed by atoms with Crippen LogP contribution in [0.25, 0.3) is 0 Å². The Labute approximate surface area is 156 Å². The monoisotopic (exact) mass is 373 g/mol. The van der Waals surface area contributed by atoms with Crippen molar-refractivity contribution in [3.63, 3.8) is 0 Å². The number of rotatable bonds is 7. The van der Waals surface area contributed by atoms with Gasteiger partial charge in [0.25, 0.3) is 0 Å². The van der Waals surface area contributed by atoms with E-state index in [0.29, 0.717) is 17.6 Å². The van der Waals surface area contributed by atoms with Crippen LogP contribution in [0.2, 0.25) is 5.02 Å². The van der Waals surface area contributed by atoms with Gasteiger partial charge in [0.1, 0.15) is 0 Å². The minimum Gasteiger partial charge on any atom is -0.348 e. The standard InChI is InChI=1S/C18H28ClN3O.ClH/c1-3-12-22(15-8-10-20-11-9-15)13-18(23)21-14(2)16-6-4-5-7-17(16)19;/h4-7,14-15,20H,3,8-13H2,1-2H3,(H,21,23);1H. The number of benzene rings is 1. The first kappa shape index (κ1) is 21.2. The van der Waals surface area contributed by atoms with E-state index in [1.54, 1.807) is 0 Å². The van der Waals surface area contributed by atoms with Gasteiger partial charge in [-0.25, -0.2) is 0 Å². The highest BCUT2D eigenvalue weighted by molar-refractivity contribution is 6.31. The number of amides is 1. The summed E-state index contributed by atoms with van der Waals surface area (Å²) in [6.45, 7) is 7.67. The normalized spacial score (nSPS) is 16.5. The summed E-state index contributed by atoms with van der Waals surface area (Å²) in [5.41, 5.74) is 0.964. The molecule has 1 aliphatic rings. The molecule has 0 aliphatic carbocycles. The van der Waals surface area contributed by atoms with E-state index in [4.69, 9.17) is 11.6 Å². The Bertz CT molecular complexity index is 507. The lowest BCUT2D eigenvalue weighted by atomic mass is 10.0. The maximum Gasteiger partial charge on any atom is 0.234 e. The molecule has 1 aromatic carbocycles. The third-order valence-electron chi connectivity index (χ3n) is 4.43. The molecule has 24 heavy (non-hydrogen) atoms. The molecule has 136 valence electrons. The zero-order valence-electron chi connectivity index (χ0n) is 14.6. The van der Waals surface area contributed by atoms with Gasteiger partial charge in [0.05, 0.1) is 12.6 Å². The Morgan fingerprint density at radius 1 is 1.38 bits per heavy atom. The summed E-state index contributed by atoms with van der Waals surface area (Å²) in [6, 6.07) is 8.11. The maximum atomic E-state index is 12.5. The number of nitrogens with one attached hydrogen (secondary N) is 2. The zero-order chi connectivity index (χ0) is 16.7. The Morgan fingerprint density at radius 3 is 2.67 bits per heavy atom. The van der Waals surface area contributed by atoms with Crippen molar-refractivity contribution in [2.24, 2.45) is 0 Å². The molecular formula is C18H29Cl2N3O. The van der Waals surface area contributed by atoms with E-state index >= 15 is 0 Å². The van der Waals surface area contributed by atoms with E-state index in [9.17, 15) is 4.79 Å². The average Bonchev–Trinajstić information content (AvgIpc) is 2.55. The lowest BCUT2D eigenvalue weighted by molar-refractivity contribution is -0.123. The first-order chi connectivity index (χ1) is 11.1. The molecule has 0 spiro atoms. The Kier molecular flexibility index (Phi) is 9.67. The number of carbonyl (C=O) groups excluding carboxylic acids is 1. The van der Waals surface area contributed by atoms with Crippen molar-refractivity contribution >= 4 is 29.9 Å². The molecule has 1 aliphatic heterocycles. The maximum absolute atomic E-state index is 12.5. The first-order valence-corrected chi connectivity index (χ1v) is 8.98. The zero-order valence-corrected chi connectivity index (χ0v) is 16.1. The molecule has 0 bridgehead atoms. The second kappa shape index (κ2) is 10.9. The molecule has 2 N–H and O–H groups in total. The number of carbonyl (C=O) groups is 1. The summed E-state index contributed by atoms with van der Waals surface area (Å²) in [5.74, 6) is 0.0735. The molecular weight excluding hydrogens is 345 g/mol. The van der Waals surface area contributed by atoms with Gasteiger partial charge in [-0.15, -0.1) is 12.4 Å². The number of hydrogen-bond acceptors (Lipinski definition) is 3. The smallest absolute Gasteiger partial charge is 0.234 e. The summed E-state index contributed by atoms with van der Waals surface area (Å²) in [5, 5.41) is 7.17. The van der Waals surface area contributed by atoms with Gasteiger partial charge in [-0.3, -0.25) is 9.69 Å². The van der Waals surface area contributed by atoms with Crippen LogP contribution in [0.4, 0.5) is 0 Å². The molecule has 1 amide bonds. The van der Waals surface area contributed by atoms with Crippen molar-refractivity contribution in [2.75, 3.05) is 26.2 Å². The fraction of sp³-hybridized carbons (Fsp3) is 0.611. The van der Waals surface area contributed by atoms with Gasteiger partial charge in [-0.2, -0.15) is 0 Å². The predicted octanol–water partition coefficient (Wildman–Crippen LogP) is 3.40. The van der Waals surface area contributed by atoms with Crippen LogP contribution in [-0.2, 0) is 4.79 Å². The molecule has 1 saturated heterocycles. The molecule has 1 aromatic rings. The minimum absolute atomic E-state index is 0. The van der Waals surface area contributed by atoms with Gasteiger partial charge < -0.3 is 10.6 Å². The topological polar surface area (TPSA) is 44.4 Å². The molecule has 1 fully saturated rings.